The van der Waals surface area contributed by atoms with Gasteiger partial charge < -0.3 is 10.1 Å². The topological polar surface area (TPSA) is 38.3 Å². The molecule has 13 heavy (non-hydrogen) atoms. The second kappa shape index (κ2) is 4.49. The van der Waals surface area contributed by atoms with Crippen molar-refractivity contribution in [2.75, 3.05) is 6.54 Å². The first kappa shape index (κ1) is 10.4. The predicted molar refractivity (Wildman–Crippen MR) is 51.5 cm³/mol. The van der Waals surface area contributed by atoms with E-state index < -0.39 is 0 Å². The highest BCUT2D eigenvalue weighted by Crippen LogP contribution is 2.35. The molecule has 1 atom stereocenters. The Hall–Kier alpha value is -0.730. The van der Waals surface area contributed by atoms with Crippen LogP contribution in [0.1, 0.15) is 33.6 Å². The Bertz CT molecular complexity index is 176. The molecule has 3 heteroatoms. The van der Waals surface area contributed by atoms with Gasteiger partial charge in [-0.3, -0.25) is 0 Å². The van der Waals surface area contributed by atoms with Gasteiger partial charge >= 0.3 is 6.09 Å². The Morgan fingerprint density at radius 2 is 2.08 bits per heavy atom. The van der Waals surface area contributed by atoms with E-state index in [-0.39, 0.29) is 12.2 Å². The third-order valence-electron chi connectivity index (χ3n) is 2.34. The molecule has 0 aromatic heterocycles. The van der Waals surface area contributed by atoms with Crippen molar-refractivity contribution < 1.29 is 9.53 Å². The van der Waals surface area contributed by atoms with Gasteiger partial charge in [0, 0.05) is 6.54 Å². The van der Waals surface area contributed by atoms with Gasteiger partial charge in [-0.25, -0.2) is 4.79 Å². The fraction of sp³-hybridized carbons (Fsp3) is 0.900. The lowest BCUT2D eigenvalue weighted by atomic mass is 10.1. The van der Waals surface area contributed by atoms with Crippen molar-refractivity contribution in [1.29, 1.82) is 0 Å². The van der Waals surface area contributed by atoms with Crippen LogP contribution in [-0.4, -0.2) is 18.7 Å². The maximum atomic E-state index is 11.1. The van der Waals surface area contributed by atoms with E-state index >= 15 is 0 Å². The SMILES string of the molecule is CC(C)OC(=O)NCC(C)C1CC1. The van der Waals surface area contributed by atoms with Gasteiger partial charge in [-0.1, -0.05) is 6.92 Å². The minimum absolute atomic E-state index is 0.0313. The summed E-state index contributed by atoms with van der Waals surface area (Å²) in [5.74, 6) is 1.43. The van der Waals surface area contributed by atoms with E-state index in [0.29, 0.717) is 5.92 Å². The van der Waals surface area contributed by atoms with Crippen molar-refractivity contribution in [1.82, 2.24) is 5.32 Å². The molecule has 0 aliphatic heterocycles. The van der Waals surface area contributed by atoms with Crippen LogP contribution in [0.5, 0.6) is 0 Å². The van der Waals surface area contributed by atoms with Gasteiger partial charge in [-0.15, -0.1) is 0 Å². The molecular formula is C10H19NO2. The molecule has 0 heterocycles. The van der Waals surface area contributed by atoms with E-state index in [0.717, 1.165) is 12.5 Å². The zero-order valence-corrected chi connectivity index (χ0v) is 8.67. The van der Waals surface area contributed by atoms with E-state index in [1.54, 1.807) is 0 Å². The van der Waals surface area contributed by atoms with E-state index in [9.17, 15) is 4.79 Å². The minimum Gasteiger partial charge on any atom is -0.447 e. The molecule has 0 bridgehead atoms. The number of amides is 1. The first-order chi connectivity index (χ1) is 6.09. The zero-order chi connectivity index (χ0) is 9.84. The third-order valence-corrected chi connectivity index (χ3v) is 2.34. The van der Waals surface area contributed by atoms with Crippen molar-refractivity contribution in [2.24, 2.45) is 11.8 Å². The Balaban J connectivity index is 2.06. The van der Waals surface area contributed by atoms with Gasteiger partial charge in [0.05, 0.1) is 6.10 Å². The summed E-state index contributed by atoms with van der Waals surface area (Å²) in [5.41, 5.74) is 0. The van der Waals surface area contributed by atoms with E-state index in [1.807, 2.05) is 13.8 Å². The van der Waals surface area contributed by atoms with Crippen LogP contribution in [0, 0.1) is 11.8 Å². The van der Waals surface area contributed by atoms with Gasteiger partial charge in [0.1, 0.15) is 0 Å². The molecule has 1 aliphatic rings. The molecule has 1 amide bonds. The van der Waals surface area contributed by atoms with Gasteiger partial charge in [0.25, 0.3) is 0 Å². The summed E-state index contributed by atoms with van der Waals surface area (Å²) in [7, 11) is 0. The average Bonchev–Trinajstić information content (AvgIpc) is 2.80. The summed E-state index contributed by atoms with van der Waals surface area (Å²) in [6, 6.07) is 0. The normalized spacial score (nSPS) is 18.5. The number of rotatable bonds is 4. The number of ether oxygens (including phenoxy) is 1. The summed E-state index contributed by atoms with van der Waals surface area (Å²) in [4.78, 5) is 11.1. The van der Waals surface area contributed by atoms with Crippen LogP contribution in [0.2, 0.25) is 0 Å². The number of carbonyl (C=O) groups excluding carboxylic acids is 1. The van der Waals surface area contributed by atoms with Gasteiger partial charge in [0.2, 0.25) is 0 Å². The highest BCUT2D eigenvalue weighted by molar-refractivity contribution is 5.67. The van der Waals surface area contributed by atoms with Gasteiger partial charge in [0.15, 0.2) is 0 Å². The highest BCUT2D eigenvalue weighted by atomic mass is 16.6. The van der Waals surface area contributed by atoms with Crippen LogP contribution in [0.3, 0.4) is 0 Å². The van der Waals surface area contributed by atoms with Crippen LogP contribution in [0.15, 0.2) is 0 Å². The molecular weight excluding hydrogens is 166 g/mol. The highest BCUT2D eigenvalue weighted by Gasteiger charge is 2.27. The molecule has 1 unspecified atom stereocenters. The summed E-state index contributed by atoms with van der Waals surface area (Å²) in [5, 5.41) is 2.77. The van der Waals surface area contributed by atoms with Crippen LogP contribution in [0.4, 0.5) is 4.79 Å². The Kier molecular flexibility index (Phi) is 3.58. The number of carbonyl (C=O) groups is 1. The van der Waals surface area contributed by atoms with Crippen molar-refractivity contribution in [3.05, 3.63) is 0 Å². The number of hydrogen-bond donors (Lipinski definition) is 1. The molecule has 1 N–H and O–H groups in total. The largest absolute Gasteiger partial charge is 0.447 e. The summed E-state index contributed by atoms with van der Waals surface area (Å²) >= 11 is 0. The van der Waals surface area contributed by atoms with Crippen molar-refractivity contribution >= 4 is 6.09 Å². The zero-order valence-electron chi connectivity index (χ0n) is 8.67. The molecule has 0 aromatic carbocycles. The first-order valence-electron chi connectivity index (χ1n) is 5.04. The molecule has 0 spiro atoms. The predicted octanol–water partition coefficient (Wildman–Crippen LogP) is 2.17. The van der Waals surface area contributed by atoms with Crippen LogP contribution in [-0.2, 0) is 4.74 Å². The fourth-order valence-electron chi connectivity index (χ4n) is 1.33. The Morgan fingerprint density at radius 1 is 1.46 bits per heavy atom. The molecule has 1 rings (SSSR count). The first-order valence-corrected chi connectivity index (χ1v) is 5.04. The van der Waals surface area contributed by atoms with E-state index in [1.165, 1.54) is 12.8 Å². The number of alkyl carbamates (subject to hydrolysis) is 1. The van der Waals surface area contributed by atoms with Crippen molar-refractivity contribution in [2.45, 2.75) is 39.7 Å². The third kappa shape index (κ3) is 4.15. The molecule has 1 fully saturated rings. The maximum Gasteiger partial charge on any atom is 0.407 e. The van der Waals surface area contributed by atoms with Gasteiger partial charge in [-0.2, -0.15) is 0 Å². The molecule has 0 aromatic rings. The van der Waals surface area contributed by atoms with Crippen molar-refractivity contribution in [3.63, 3.8) is 0 Å². The molecule has 0 radical (unpaired) electrons. The molecule has 3 nitrogen and oxygen atoms in total. The number of hydrogen-bond acceptors (Lipinski definition) is 2. The lowest BCUT2D eigenvalue weighted by Gasteiger charge is -2.13. The molecule has 76 valence electrons. The quantitative estimate of drug-likeness (QED) is 0.729. The molecule has 0 saturated heterocycles. The molecule has 1 saturated carbocycles. The van der Waals surface area contributed by atoms with Gasteiger partial charge in [-0.05, 0) is 38.5 Å². The second-order valence-electron chi connectivity index (χ2n) is 4.15. The number of nitrogens with one attached hydrogen (secondary N) is 1. The maximum absolute atomic E-state index is 11.1. The monoisotopic (exact) mass is 185 g/mol. The van der Waals surface area contributed by atoms with Crippen LogP contribution >= 0.6 is 0 Å². The average molecular weight is 185 g/mol. The Morgan fingerprint density at radius 3 is 2.54 bits per heavy atom. The van der Waals surface area contributed by atoms with Crippen molar-refractivity contribution in [3.8, 4) is 0 Å². The lowest BCUT2D eigenvalue weighted by molar-refractivity contribution is 0.114. The summed E-state index contributed by atoms with van der Waals surface area (Å²) in [6.45, 7) is 6.62. The van der Waals surface area contributed by atoms with E-state index in [4.69, 9.17) is 4.74 Å². The summed E-state index contributed by atoms with van der Waals surface area (Å²) in [6.07, 6.45) is 2.32. The van der Waals surface area contributed by atoms with Crippen LogP contribution < -0.4 is 5.32 Å². The molecule has 1 aliphatic carbocycles. The smallest absolute Gasteiger partial charge is 0.407 e. The minimum atomic E-state index is -0.289. The Labute approximate surface area is 79.8 Å². The lowest BCUT2D eigenvalue weighted by Crippen LogP contribution is -2.31. The summed E-state index contributed by atoms with van der Waals surface area (Å²) < 4.78 is 4.95. The van der Waals surface area contributed by atoms with Crippen LogP contribution in [0.25, 0.3) is 0 Å². The second-order valence-corrected chi connectivity index (χ2v) is 4.15. The fourth-order valence-corrected chi connectivity index (χ4v) is 1.33. The standard InChI is InChI=1S/C10H19NO2/c1-7(2)13-10(12)11-6-8(3)9-4-5-9/h7-9H,4-6H2,1-3H3,(H,11,12). The van der Waals surface area contributed by atoms with E-state index in [2.05, 4.69) is 12.2 Å².